The minimum absolute atomic E-state index is 0.140. The van der Waals surface area contributed by atoms with Crippen molar-refractivity contribution in [2.24, 2.45) is 5.92 Å². The Morgan fingerprint density at radius 2 is 1.77 bits per heavy atom. The normalized spacial score (nSPS) is 15.3. The van der Waals surface area contributed by atoms with Gasteiger partial charge in [0.25, 0.3) is 5.91 Å². The zero-order valence-electron chi connectivity index (χ0n) is 21.3. The number of carbonyl (C=O) groups is 1. The van der Waals surface area contributed by atoms with Crippen molar-refractivity contribution in [3.8, 4) is 0 Å². The molecule has 1 amide bonds. The number of rotatable bonds is 9. The standard InChI is InChI=1S/C29H28ClF3N4O2/c1-19-24(28(38)34-13-14-39-29(31,32)33)11-12-26-25(19)18-37(35-26)17-20-15-36(16-20)27(21-5-3-2-4-6-21)22-7-9-23(30)10-8-22/h2-12,18,20,27H,13-17H2,1H3,(H,34,38). The van der Waals surface area contributed by atoms with Crippen LogP contribution in [0.25, 0.3) is 10.9 Å². The lowest BCUT2D eigenvalue weighted by molar-refractivity contribution is -0.323. The van der Waals surface area contributed by atoms with E-state index in [9.17, 15) is 18.0 Å². The van der Waals surface area contributed by atoms with Gasteiger partial charge in [0.2, 0.25) is 0 Å². The first-order valence-electron chi connectivity index (χ1n) is 12.7. The number of benzene rings is 3. The van der Waals surface area contributed by atoms with Crippen LogP contribution in [0.1, 0.15) is 33.1 Å². The van der Waals surface area contributed by atoms with Crippen molar-refractivity contribution in [1.29, 1.82) is 0 Å². The number of likely N-dealkylation sites (tertiary alicyclic amines) is 1. The van der Waals surface area contributed by atoms with Crippen LogP contribution in [0.15, 0.2) is 72.9 Å². The molecule has 1 N–H and O–H groups in total. The van der Waals surface area contributed by atoms with E-state index in [1.807, 2.05) is 36.0 Å². The Bertz CT molecular complexity index is 1430. The Kier molecular flexibility index (Phi) is 7.93. The van der Waals surface area contributed by atoms with Gasteiger partial charge in [0.15, 0.2) is 0 Å². The number of nitrogens with one attached hydrogen (secondary N) is 1. The summed E-state index contributed by atoms with van der Waals surface area (Å²) in [6.45, 7) is 3.49. The second-order valence-electron chi connectivity index (χ2n) is 9.76. The van der Waals surface area contributed by atoms with E-state index in [2.05, 4.69) is 51.4 Å². The van der Waals surface area contributed by atoms with Gasteiger partial charge < -0.3 is 5.32 Å². The van der Waals surface area contributed by atoms with Crippen LogP contribution in [0.5, 0.6) is 0 Å². The SMILES string of the molecule is Cc1c(C(=O)NCCOC(F)(F)F)ccc2nn(CC3CN(C(c4ccccc4)c4ccc(Cl)cc4)C3)cc12. The largest absolute Gasteiger partial charge is 0.522 e. The predicted molar refractivity (Wildman–Crippen MR) is 144 cm³/mol. The number of amides is 1. The lowest BCUT2D eigenvalue weighted by atomic mass is 9.90. The number of halogens is 4. The molecular formula is C29H28ClF3N4O2. The van der Waals surface area contributed by atoms with E-state index < -0.39 is 18.9 Å². The Hall–Kier alpha value is -3.40. The van der Waals surface area contributed by atoms with E-state index in [-0.39, 0.29) is 12.6 Å². The van der Waals surface area contributed by atoms with Gasteiger partial charge in [-0.2, -0.15) is 5.10 Å². The monoisotopic (exact) mass is 556 g/mol. The molecule has 4 aromatic rings. The molecule has 204 valence electrons. The van der Waals surface area contributed by atoms with E-state index >= 15 is 0 Å². The third-order valence-corrected chi connectivity index (χ3v) is 7.25. The summed E-state index contributed by atoms with van der Waals surface area (Å²) in [5.74, 6) is -0.0359. The first kappa shape index (κ1) is 27.2. The van der Waals surface area contributed by atoms with Crippen molar-refractivity contribution in [3.05, 3.63) is 100 Å². The second kappa shape index (κ2) is 11.4. The van der Waals surface area contributed by atoms with Crippen molar-refractivity contribution in [1.82, 2.24) is 20.0 Å². The third-order valence-electron chi connectivity index (χ3n) is 7.00. The van der Waals surface area contributed by atoms with E-state index in [0.717, 1.165) is 36.1 Å². The van der Waals surface area contributed by atoms with Crippen LogP contribution in [-0.2, 0) is 11.3 Å². The summed E-state index contributed by atoms with van der Waals surface area (Å²) in [5, 5.41) is 8.73. The maximum absolute atomic E-state index is 12.5. The van der Waals surface area contributed by atoms with Crippen LogP contribution < -0.4 is 5.32 Å². The number of hydrogen-bond acceptors (Lipinski definition) is 4. The van der Waals surface area contributed by atoms with Crippen LogP contribution >= 0.6 is 11.6 Å². The third kappa shape index (κ3) is 6.43. The van der Waals surface area contributed by atoms with Crippen molar-refractivity contribution in [2.75, 3.05) is 26.2 Å². The van der Waals surface area contributed by atoms with E-state index in [4.69, 9.17) is 16.7 Å². The fourth-order valence-corrected chi connectivity index (χ4v) is 5.27. The molecule has 0 aliphatic carbocycles. The highest BCUT2D eigenvalue weighted by Gasteiger charge is 2.34. The number of alkyl halides is 3. The average Bonchev–Trinajstić information content (AvgIpc) is 3.30. The molecule has 3 aromatic carbocycles. The topological polar surface area (TPSA) is 59.4 Å². The average molecular weight is 557 g/mol. The lowest BCUT2D eigenvalue weighted by Gasteiger charge is -2.44. The molecule has 1 saturated heterocycles. The summed E-state index contributed by atoms with van der Waals surface area (Å²) in [5.41, 5.74) is 4.33. The van der Waals surface area contributed by atoms with Gasteiger partial charge in [-0.1, -0.05) is 54.1 Å². The summed E-state index contributed by atoms with van der Waals surface area (Å²) in [6, 6.07) is 22.0. The summed E-state index contributed by atoms with van der Waals surface area (Å²) < 4.78 is 42.1. The minimum Gasteiger partial charge on any atom is -0.350 e. The Balaban J connectivity index is 1.23. The molecule has 0 bridgehead atoms. The Labute approximate surface area is 229 Å². The zero-order valence-corrected chi connectivity index (χ0v) is 22.0. The first-order chi connectivity index (χ1) is 18.7. The van der Waals surface area contributed by atoms with Crippen LogP contribution in [0.4, 0.5) is 13.2 Å². The second-order valence-corrected chi connectivity index (χ2v) is 10.2. The molecule has 0 saturated carbocycles. The number of fused-ring (bicyclic) bond motifs is 1. The number of ether oxygens (including phenoxy) is 1. The summed E-state index contributed by atoms with van der Waals surface area (Å²) in [7, 11) is 0. The summed E-state index contributed by atoms with van der Waals surface area (Å²) in [6.07, 6.45) is -2.78. The maximum atomic E-state index is 12.5. The van der Waals surface area contributed by atoms with Crippen molar-refractivity contribution in [2.45, 2.75) is 25.9 Å². The van der Waals surface area contributed by atoms with Gasteiger partial charge in [-0.3, -0.25) is 19.1 Å². The van der Waals surface area contributed by atoms with Crippen LogP contribution in [0.2, 0.25) is 5.02 Å². The Morgan fingerprint density at radius 1 is 1.08 bits per heavy atom. The van der Waals surface area contributed by atoms with Crippen molar-refractivity contribution < 1.29 is 22.7 Å². The van der Waals surface area contributed by atoms with Gasteiger partial charge in [0.05, 0.1) is 18.2 Å². The molecule has 0 spiro atoms. The number of aryl methyl sites for hydroxylation is 1. The van der Waals surface area contributed by atoms with E-state index in [1.54, 1.807) is 12.1 Å². The molecule has 2 heterocycles. The number of nitrogens with zero attached hydrogens (tertiary/aromatic N) is 3. The molecule has 5 rings (SSSR count). The maximum Gasteiger partial charge on any atom is 0.522 e. The predicted octanol–water partition coefficient (Wildman–Crippen LogP) is 5.99. The molecule has 0 radical (unpaired) electrons. The fourth-order valence-electron chi connectivity index (χ4n) is 5.14. The van der Waals surface area contributed by atoms with Crippen LogP contribution in [0, 0.1) is 12.8 Å². The number of aromatic nitrogens is 2. The lowest BCUT2D eigenvalue weighted by Crippen LogP contribution is -2.50. The van der Waals surface area contributed by atoms with Gasteiger partial charge in [-0.05, 0) is 47.9 Å². The molecule has 1 atom stereocenters. The number of carbonyl (C=O) groups excluding carboxylic acids is 1. The zero-order chi connectivity index (χ0) is 27.6. The molecule has 1 aliphatic rings. The highest BCUT2D eigenvalue weighted by Crippen LogP contribution is 2.35. The van der Waals surface area contributed by atoms with Gasteiger partial charge in [0.1, 0.15) is 0 Å². The van der Waals surface area contributed by atoms with Gasteiger partial charge >= 0.3 is 6.36 Å². The molecular weight excluding hydrogens is 529 g/mol. The first-order valence-corrected chi connectivity index (χ1v) is 13.1. The van der Waals surface area contributed by atoms with Crippen molar-refractivity contribution in [3.63, 3.8) is 0 Å². The smallest absolute Gasteiger partial charge is 0.350 e. The van der Waals surface area contributed by atoms with E-state index in [0.29, 0.717) is 16.5 Å². The van der Waals surface area contributed by atoms with Gasteiger partial charge in [-0.15, -0.1) is 13.2 Å². The molecule has 10 heteroatoms. The minimum atomic E-state index is -4.72. The summed E-state index contributed by atoms with van der Waals surface area (Å²) in [4.78, 5) is 15.0. The van der Waals surface area contributed by atoms with E-state index in [1.165, 1.54) is 11.1 Å². The molecule has 1 unspecified atom stereocenters. The fraction of sp³-hybridized carbons (Fsp3) is 0.310. The summed E-state index contributed by atoms with van der Waals surface area (Å²) >= 11 is 6.13. The van der Waals surface area contributed by atoms with Gasteiger partial charge in [0, 0.05) is 54.3 Å². The highest BCUT2D eigenvalue weighted by atomic mass is 35.5. The molecule has 39 heavy (non-hydrogen) atoms. The van der Waals surface area contributed by atoms with Crippen molar-refractivity contribution >= 4 is 28.4 Å². The quantitative estimate of drug-likeness (QED) is 0.257. The van der Waals surface area contributed by atoms with Crippen LogP contribution in [0.3, 0.4) is 0 Å². The Morgan fingerprint density at radius 3 is 2.46 bits per heavy atom. The molecule has 1 aromatic heterocycles. The molecule has 1 fully saturated rings. The number of hydrogen-bond donors (Lipinski definition) is 1. The van der Waals surface area contributed by atoms with Gasteiger partial charge in [-0.25, -0.2) is 0 Å². The molecule has 1 aliphatic heterocycles. The van der Waals surface area contributed by atoms with Crippen LogP contribution in [-0.4, -0.2) is 53.2 Å². The highest BCUT2D eigenvalue weighted by molar-refractivity contribution is 6.30. The molecule has 6 nitrogen and oxygen atoms in total.